The largest absolute Gasteiger partial charge is 0.508 e. The van der Waals surface area contributed by atoms with E-state index in [1.807, 2.05) is 0 Å². The number of carbonyl (C=O) groups excluding carboxylic acids is 2. The van der Waals surface area contributed by atoms with Crippen molar-refractivity contribution in [2.24, 2.45) is 5.92 Å². The summed E-state index contributed by atoms with van der Waals surface area (Å²) in [6, 6.07) is 3.01. The SMILES string of the molecule is CC(C)CCCc1c(O)ccc2c1O[C@@]1(C=C(Cl)C(=O)N1)C2=O. The molecule has 6 heteroatoms. The van der Waals surface area contributed by atoms with Gasteiger partial charge in [0, 0.05) is 11.6 Å². The van der Waals surface area contributed by atoms with Gasteiger partial charge in [-0.3, -0.25) is 9.59 Å². The van der Waals surface area contributed by atoms with Gasteiger partial charge < -0.3 is 15.2 Å². The first-order chi connectivity index (χ1) is 10.8. The number of ketones is 1. The highest BCUT2D eigenvalue weighted by Gasteiger charge is 2.52. The molecule has 0 aromatic heterocycles. The van der Waals surface area contributed by atoms with Crippen molar-refractivity contribution in [1.82, 2.24) is 5.32 Å². The van der Waals surface area contributed by atoms with Crippen molar-refractivity contribution in [3.63, 3.8) is 0 Å². The van der Waals surface area contributed by atoms with Gasteiger partial charge in [0.05, 0.1) is 5.56 Å². The average Bonchev–Trinajstić information content (AvgIpc) is 2.90. The van der Waals surface area contributed by atoms with E-state index < -0.39 is 11.6 Å². The van der Waals surface area contributed by atoms with Crippen LogP contribution in [0.3, 0.4) is 0 Å². The molecule has 23 heavy (non-hydrogen) atoms. The van der Waals surface area contributed by atoms with Crippen molar-refractivity contribution in [3.8, 4) is 11.5 Å². The molecule has 0 radical (unpaired) electrons. The van der Waals surface area contributed by atoms with Crippen molar-refractivity contribution in [3.05, 3.63) is 34.4 Å². The van der Waals surface area contributed by atoms with Crippen LogP contribution in [0.25, 0.3) is 0 Å². The molecule has 1 aromatic carbocycles. The van der Waals surface area contributed by atoms with Crippen molar-refractivity contribution >= 4 is 23.3 Å². The maximum atomic E-state index is 12.6. The second-order valence-corrected chi connectivity index (χ2v) is 6.75. The lowest BCUT2D eigenvalue weighted by molar-refractivity contribution is -0.118. The van der Waals surface area contributed by atoms with Gasteiger partial charge in [-0.15, -0.1) is 0 Å². The first-order valence-corrected chi connectivity index (χ1v) is 8.01. The second kappa shape index (κ2) is 5.57. The van der Waals surface area contributed by atoms with Crippen molar-refractivity contribution < 1.29 is 19.4 Å². The van der Waals surface area contributed by atoms with Crippen LogP contribution in [-0.2, 0) is 11.2 Å². The van der Waals surface area contributed by atoms with Crippen LogP contribution in [0, 0.1) is 5.92 Å². The first kappa shape index (κ1) is 15.9. The minimum absolute atomic E-state index is 0.0725. The summed E-state index contributed by atoms with van der Waals surface area (Å²) in [7, 11) is 0. The summed E-state index contributed by atoms with van der Waals surface area (Å²) in [5, 5.41) is 12.5. The smallest absolute Gasteiger partial charge is 0.268 e. The predicted molar refractivity (Wildman–Crippen MR) is 85.7 cm³/mol. The fourth-order valence-electron chi connectivity index (χ4n) is 2.93. The van der Waals surface area contributed by atoms with Gasteiger partial charge in [0.2, 0.25) is 5.78 Å². The normalized spacial score (nSPS) is 22.3. The van der Waals surface area contributed by atoms with Gasteiger partial charge in [-0.2, -0.15) is 0 Å². The number of hydrogen-bond donors (Lipinski definition) is 2. The van der Waals surface area contributed by atoms with Crippen LogP contribution in [-0.4, -0.2) is 22.5 Å². The number of halogens is 1. The Morgan fingerprint density at radius 1 is 1.35 bits per heavy atom. The molecule has 5 nitrogen and oxygen atoms in total. The summed E-state index contributed by atoms with van der Waals surface area (Å²) < 4.78 is 5.78. The van der Waals surface area contributed by atoms with E-state index in [2.05, 4.69) is 19.2 Å². The number of hydrogen-bond acceptors (Lipinski definition) is 4. The van der Waals surface area contributed by atoms with Crippen LogP contribution < -0.4 is 10.1 Å². The Kier molecular flexibility index (Phi) is 3.84. The average molecular weight is 336 g/mol. The predicted octanol–water partition coefficient (Wildman–Crippen LogP) is 2.89. The van der Waals surface area contributed by atoms with Gasteiger partial charge >= 0.3 is 0 Å². The zero-order valence-electron chi connectivity index (χ0n) is 13.0. The Bertz CT molecular complexity index is 726. The Morgan fingerprint density at radius 2 is 2.09 bits per heavy atom. The Hall–Kier alpha value is -2.01. The van der Waals surface area contributed by atoms with E-state index in [4.69, 9.17) is 16.3 Å². The molecule has 0 aliphatic carbocycles. The summed E-state index contributed by atoms with van der Waals surface area (Å²) in [4.78, 5) is 24.3. The molecule has 0 saturated carbocycles. The Balaban J connectivity index is 1.94. The molecule has 1 spiro atoms. The van der Waals surface area contributed by atoms with E-state index in [0.29, 0.717) is 29.2 Å². The highest BCUT2D eigenvalue weighted by atomic mass is 35.5. The van der Waals surface area contributed by atoms with Crippen LogP contribution >= 0.6 is 11.6 Å². The second-order valence-electron chi connectivity index (χ2n) is 6.34. The van der Waals surface area contributed by atoms with E-state index in [1.54, 1.807) is 0 Å². The number of amides is 1. The molecule has 0 saturated heterocycles. The summed E-state index contributed by atoms with van der Waals surface area (Å²) in [6.07, 6.45) is 3.76. The van der Waals surface area contributed by atoms with E-state index in [9.17, 15) is 14.7 Å². The van der Waals surface area contributed by atoms with E-state index in [1.165, 1.54) is 18.2 Å². The number of ether oxygens (including phenoxy) is 1. The standard InChI is InChI=1S/C17H18ClNO4/c1-9(2)4-3-5-10-13(20)7-6-11-14(10)23-17(15(11)21)8-12(18)16(22)19-17/h6-9,20H,3-5H2,1-2H3,(H,19,22)/t17-/m0/s1. The number of phenols is 1. The molecule has 122 valence electrons. The molecule has 1 amide bonds. The number of nitrogens with one attached hydrogen (secondary N) is 1. The molecular formula is C17H18ClNO4. The quantitative estimate of drug-likeness (QED) is 0.887. The van der Waals surface area contributed by atoms with Gasteiger partial charge in [-0.1, -0.05) is 31.9 Å². The fourth-order valence-corrected chi connectivity index (χ4v) is 3.14. The monoisotopic (exact) mass is 335 g/mol. The van der Waals surface area contributed by atoms with Crippen LogP contribution in [0.15, 0.2) is 23.2 Å². The van der Waals surface area contributed by atoms with E-state index in [-0.39, 0.29) is 16.6 Å². The highest BCUT2D eigenvalue weighted by molar-refractivity contribution is 6.43. The molecule has 2 N–H and O–H groups in total. The first-order valence-electron chi connectivity index (χ1n) is 7.63. The molecular weight excluding hydrogens is 318 g/mol. The third kappa shape index (κ3) is 2.59. The molecule has 2 aliphatic rings. The molecule has 3 rings (SSSR count). The van der Waals surface area contributed by atoms with E-state index in [0.717, 1.165) is 12.8 Å². The minimum Gasteiger partial charge on any atom is -0.508 e. The number of aromatic hydroxyl groups is 1. The molecule has 2 aliphatic heterocycles. The van der Waals surface area contributed by atoms with Crippen LogP contribution in [0.5, 0.6) is 11.5 Å². The zero-order valence-corrected chi connectivity index (χ0v) is 13.7. The lowest BCUT2D eigenvalue weighted by Gasteiger charge is -2.20. The Labute approximate surface area is 139 Å². The Morgan fingerprint density at radius 3 is 2.70 bits per heavy atom. The number of phenolic OH excluding ortho intramolecular Hbond substituents is 1. The van der Waals surface area contributed by atoms with Crippen molar-refractivity contribution in [1.29, 1.82) is 0 Å². The number of carbonyl (C=O) groups is 2. The number of fused-ring (bicyclic) bond motifs is 1. The lowest BCUT2D eigenvalue weighted by Crippen LogP contribution is -2.50. The molecule has 0 fully saturated rings. The lowest BCUT2D eigenvalue weighted by atomic mass is 9.97. The molecule has 0 unspecified atom stereocenters. The van der Waals surface area contributed by atoms with Gasteiger partial charge in [0.15, 0.2) is 0 Å². The number of rotatable bonds is 4. The number of benzene rings is 1. The molecule has 2 heterocycles. The van der Waals surface area contributed by atoms with Gasteiger partial charge in [0.25, 0.3) is 11.6 Å². The highest BCUT2D eigenvalue weighted by Crippen LogP contribution is 2.43. The third-order valence-corrected chi connectivity index (χ3v) is 4.42. The molecule has 1 aromatic rings. The third-order valence-electron chi connectivity index (χ3n) is 4.14. The summed E-state index contributed by atoms with van der Waals surface area (Å²) >= 11 is 5.80. The topological polar surface area (TPSA) is 75.6 Å². The van der Waals surface area contributed by atoms with Crippen LogP contribution in [0.4, 0.5) is 0 Å². The summed E-state index contributed by atoms with van der Waals surface area (Å²) in [6.45, 7) is 4.26. The maximum Gasteiger partial charge on any atom is 0.268 e. The number of Topliss-reactive ketones (excluding diaryl/α,β-unsaturated/α-hetero) is 1. The maximum absolute atomic E-state index is 12.6. The molecule has 1 atom stereocenters. The van der Waals surface area contributed by atoms with Crippen LogP contribution in [0.2, 0.25) is 0 Å². The van der Waals surface area contributed by atoms with Gasteiger partial charge in [-0.25, -0.2) is 0 Å². The van der Waals surface area contributed by atoms with Crippen molar-refractivity contribution in [2.45, 2.75) is 38.8 Å². The minimum atomic E-state index is -1.57. The van der Waals surface area contributed by atoms with Crippen LogP contribution in [0.1, 0.15) is 42.6 Å². The van der Waals surface area contributed by atoms with Crippen molar-refractivity contribution in [2.75, 3.05) is 0 Å². The van der Waals surface area contributed by atoms with E-state index >= 15 is 0 Å². The van der Waals surface area contributed by atoms with Gasteiger partial charge in [0.1, 0.15) is 16.5 Å². The molecule has 0 bridgehead atoms. The van der Waals surface area contributed by atoms with Gasteiger partial charge in [-0.05, 0) is 30.9 Å². The summed E-state index contributed by atoms with van der Waals surface area (Å²) in [5.41, 5.74) is -0.624. The zero-order chi connectivity index (χ0) is 16.8. The fraction of sp³-hybridized carbons (Fsp3) is 0.412. The summed E-state index contributed by atoms with van der Waals surface area (Å²) in [5.74, 6) is 0.0668.